The Morgan fingerprint density at radius 1 is 1.28 bits per heavy atom. The molecule has 1 heterocycles. The third-order valence-electron chi connectivity index (χ3n) is 4.00. The molecular formula is C20H27ClN2O2. The van der Waals surface area contributed by atoms with Gasteiger partial charge in [0.1, 0.15) is 5.60 Å². The molecule has 0 saturated carbocycles. The second-order valence-electron chi connectivity index (χ2n) is 7.21. The van der Waals surface area contributed by atoms with Crippen LogP contribution in [0.2, 0.25) is 5.02 Å². The Labute approximate surface area is 156 Å². The summed E-state index contributed by atoms with van der Waals surface area (Å²) in [5.74, 6) is 6.57. The predicted octanol–water partition coefficient (Wildman–Crippen LogP) is 4.02. The largest absolute Gasteiger partial charge is 0.444 e. The van der Waals surface area contributed by atoms with Gasteiger partial charge in [-0.1, -0.05) is 36.4 Å². The molecule has 1 aliphatic rings. The van der Waals surface area contributed by atoms with Crippen LogP contribution in [-0.4, -0.2) is 53.7 Å². The Morgan fingerprint density at radius 3 is 2.52 bits per heavy atom. The highest BCUT2D eigenvalue weighted by Gasteiger charge is 2.27. The van der Waals surface area contributed by atoms with E-state index in [0.717, 1.165) is 25.1 Å². The molecule has 1 aromatic carbocycles. The number of carbonyl (C=O) groups is 1. The summed E-state index contributed by atoms with van der Waals surface area (Å²) in [6.45, 7) is 10.8. The molecule has 25 heavy (non-hydrogen) atoms. The number of rotatable bonds is 2. The third kappa shape index (κ3) is 6.26. The van der Waals surface area contributed by atoms with E-state index in [4.69, 9.17) is 16.3 Å². The summed E-state index contributed by atoms with van der Waals surface area (Å²) in [6, 6.07) is 7.78. The topological polar surface area (TPSA) is 32.8 Å². The fourth-order valence-corrected chi connectivity index (χ4v) is 2.92. The highest BCUT2D eigenvalue weighted by Crippen LogP contribution is 2.14. The van der Waals surface area contributed by atoms with E-state index >= 15 is 0 Å². The number of carbonyl (C=O) groups excluding carboxylic acids is 1. The second kappa shape index (κ2) is 8.60. The van der Waals surface area contributed by atoms with E-state index in [-0.39, 0.29) is 12.1 Å². The number of benzene rings is 1. The Balaban J connectivity index is 1.93. The summed E-state index contributed by atoms with van der Waals surface area (Å²) >= 11 is 6.01. The normalized spacial score (nSPS) is 16.8. The van der Waals surface area contributed by atoms with E-state index in [1.165, 1.54) is 0 Å². The number of amides is 1. The zero-order valence-corrected chi connectivity index (χ0v) is 16.3. The maximum absolute atomic E-state index is 12.1. The number of hydrogen-bond donors (Lipinski definition) is 0. The van der Waals surface area contributed by atoms with Crippen LogP contribution in [0.5, 0.6) is 0 Å². The molecule has 4 nitrogen and oxygen atoms in total. The summed E-state index contributed by atoms with van der Waals surface area (Å²) in [7, 11) is 0. The lowest BCUT2D eigenvalue weighted by molar-refractivity contribution is 0.0125. The van der Waals surface area contributed by atoms with Gasteiger partial charge in [-0.3, -0.25) is 4.90 Å². The minimum atomic E-state index is -0.456. The molecule has 1 unspecified atom stereocenters. The highest BCUT2D eigenvalue weighted by atomic mass is 35.5. The maximum Gasteiger partial charge on any atom is 0.410 e. The van der Waals surface area contributed by atoms with Gasteiger partial charge < -0.3 is 9.64 Å². The number of halogens is 1. The van der Waals surface area contributed by atoms with Gasteiger partial charge in [-0.05, 0) is 45.4 Å². The van der Waals surface area contributed by atoms with E-state index in [2.05, 4.69) is 23.7 Å². The van der Waals surface area contributed by atoms with Crippen molar-refractivity contribution in [2.24, 2.45) is 0 Å². The van der Waals surface area contributed by atoms with E-state index in [9.17, 15) is 4.79 Å². The minimum absolute atomic E-state index is 0.180. The summed E-state index contributed by atoms with van der Waals surface area (Å²) in [5.41, 5.74) is 0.473. The molecule has 0 N–H and O–H groups in total. The quantitative estimate of drug-likeness (QED) is 0.745. The summed E-state index contributed by atoms with van der Waals surface area (Å²) in [4.78, 5) is 16.3. The molecule has 1 atom stereocenters. The molecule has 136 valence electrons. The van der Waals surface area contributed by atoms with Crippen LogP contribution >= 0.6 is 11.6 Å². The average molecular weight is 363 g/mol. The fraction of sp³-hybridized carbons (Fsp3) is 0.550. The minimum Gasteiger partial charge on any atom is -0.444 e. The lowest BCUT2D eigenvalue weighted by Gasteiger charge is -2.37. The molecule has 1 aromatic rings. The van der Waals surface area contributed by atoms with Gasteiger partial charge in [-0.15, -0.1) is 0 Å². The van der Waals surface area contributed by atoms with Gasteiger partial charge in [0.05, 0.1) is 6.04 Å². The molecule has 1 aliphatic heterocycles. The molecule has 5 heteroatoms. The Bertz CT molecular complexity index is 650. The van der Waals surface area contributed by atoms with Crippen molar-refractivity contribution in [1.82, 2.24) is 9.80 Å². The van der Waals surface area contributed by atoms with Crippen molar-refractivity contribution >= 4 is 17.7 Å². The molecule has 0 aromatic heterocycles. The van der Waals surface area contributed by atoms with Gasteiger partial charge in [-0.25, -0.2) is 4.79 Å². The molecule has 1 fully saturated rings. The molecule has 1 saturated heterocycles. The zero-order chi connectivity index (χ0) is 18.4. The fourth-order valence-electron chi connectivity index (χ4n) is 2.73. The molecule has 0 spiro atoms. The summed E-state index contributed by atoms with van der Waals surface area (Å²) in [6.07, 6.45) is 0.713. The maximum atomic E-state index is 12.1. The van der Waals surface area contributed by atoms with Crippen LogP contribution in [0.1, 0.15) is 39.7 Å². The Hall–Kier alpha value is -1.70. The van der Waals surface area contributed by atoms with Crippen molar-refractivity contribution in [3.05, 3.63) is 34.9 Å². The molecular weight excluding hydrogens is 336 g/mol. The standard InChI is InChI=1S/C20H27ClN2O2/c1-5-18(10-9-16-7-6-8-17(21)15-16)22-11-13-23(14-12-22)19(24)25-20(2,3)4/h6-8,15,18H,5,11-14H2,1-4H3. The summed E-state index contributed by atoms with van der Waals surface area (Å²) < 4.78 is 5.44. The van der Waals surface area contributed by atoms with Gasteiger partial charge in [0.25, 0.3) is 0 Å². The number of nitrogens with zero attached hydrogens (tertiary/aromatic N) is 2. The van der Waals surface area contributed by atoms with Crippen LogP contribution in [0, 0.1) is 11.8 Å². The lowest BCUT2D eigenvalue weighted by atomic mass is 10.1. The van der Waals surface area contributed by atoms with Crippen LogP contribution in [0.15, 0.2) is 24.3 Å². The van der Waals surface area contributed by atoms with Crippen LogP contribution in [0.3, 0.4) is 0 Å². The molecule has 2 rings (SSSR count). The number of piperazine rings is 1. The van der Waals surface area contributed by atoms with E-state index in [1.807, 2.05) is 45.0 Å². The van der Waals surface area contributed by atoms with Crippen molar-refractivity contribution in [3.63, 3.8) is 0 Å². The molecule has 0 aliphatic carbocycles. The first-order valence-electron chi connectivity index (χ1n) is 8.77. The smallest absolute Gasteiger partial charge is 0.410 e. The first kappa shape index (κ1) is 19.6. The highest BCUT2D eigenvalue weighted by molar-refractivity contribution is 6.30. The zero-order valence-electron chi connectivity index (χ0n) is 15.5. The third-order valence-corrected chi connectivity index (χ3v) is 4.24. The van der Waals surface area contributed by atoms with Crippen molar-refractivity contribution in [2.75, 3.05) is 26.2 Å². The average Bonchev–Trinajstić information content (AvgIpc) is 2.54. The molecule has 0 bridgehead atoms. The van der Waals surface area contributed by atoms with E-state index in [0.29, 0.717) is 18.1 Å². The van der Waals surface area contributed by atoms with Gasteiger partial charge in [0, 0.05) is 36.8 Å². The number of ether oxygens (including phenoxy) is 1. The van der Waals surface area contributed by atoms with Crippen molar-refractivity contribution in [3.8, 4) is 11.8 Å². The van der Waals surface area contributed by atoms with Gasteiger partial charge >= 0.3 is 6.09 Å². The van der Waals surface area contributed by atoms with Crippen LogP contribution < -0.4 is 0 Å². The van der Waals surface area contributed by atoms with E-state index < -0.39 is 5.60 Å². The SMILES string of the molecule is CCC(C#Cc1cccc(Cl)c1)N1CCN(C(=O)OC(C)(C)C)CC1. The first-order valence-corrected chi connectivity index (χ1v) is 9.15. The van der Waals surface area contributed by atoms with Crippen molar-refractivity contribution < 1.29 is 9.53 Å². The Kier molecular flexibility index (Phi) is 6.75. The predicted molar refractivity (Wildman–Crippen MR) is 102 cm³/mol. The second-order valence-corrected chi connectivity index (χ2v) is 7.64. The van der Waals surface area contributed by atoms with Crippen molar-refractivity contribution in [2.45, 2.75) is 45.8 Å². The van der Waals surface area contributed by atoms with Gasteiger partial charge in [-0.2, -0.15) is 0 Å². The van der Waals surface area contributed by atoms with Crippen LogP contribution in [-0.2, 0) is 4.74 Å². The number of hydrogen-bond acceptors (Lipinski definition) is 3. The van der Waals surface area contributed by atoms with E-state index in [1.54, 1.807) is 4.90 Å². The van der Waals surface area contributed by atoms with Gasteiger partial charge in [0.2, 0.25) is 0 Å². The monoisotopic (exact) mass is 362 g/mol. The lowest BCUT2D eigenvalue weighted by Crippen LogP contribution is -2.52. The van der Waals surface area contributed by atoms with Crippen LogP contribution in [0.25, 0.3) is 0 Å². The summed E-state index contributed by atoms with van der Waals surface area (Å²) in [5, 5.41) is 0.700. The van der Waals surface area contributed by atoms with Gasteiger partial charge in [0.15, 0.2) is 0 Å². The Morgan fingerprint density at radius 2 is 1.96 bits per heavy atom. The van der Waals surface area contributed by atoms with Crippen LogP contribution in [0.4, 0.5) is 4.79 Å². The first-order chi connectivity index (χ1) is 11.8. The molecule has 1 amide bonds. The molecule has 0 radical (unpaired) electrons. The van der Waals surface area contributed by atoms with Crippen molar-refractivity contribution in [1.29, 1.82) is 0 Å².